The number of allylic oxidation sites excluding steroid dienone is 1. The molecule has 1 aromatic carbocycles. The molecule has 0 aliphatic carbocycles. The molecule has 0 amide bonds. The average molecular weight is 372 g/mol. The normalized spacial score (nSPS) is 11.7. The SMILES string of the molecule is Cn1cc(C(=O)C=Cc2ccc(C(F)(F)F)nc2Nc2ccccc2)cn1. The molecule has 0 spiro atoms. The molecule has 0 bridgehead atoms. The first-order valence-corrected chi connectivity index (χ1v) is 7.94. The van der Waals surface area contributed by atoms with Crippen molar-refractivity contribution in [2.24, 2.45) is 7.05 Å². The zero-order chi connectivity index (χ0) is 19.4. The van der Waals surface area contributed by atoms with Gasteiger partial charge in [-0.15, -0.1) is 0 Å². The Hall–Kier alpha value is -3.42. The second-order valence-electron chi connectivity index (χ2n) is 5.72. The van der Waals surface area contributed by atoms with Crippen LogP contribution in [0.4, 0.5) is 24.7 Å². The standard InChI is InChI=1S/C19H15F3N4O/c1-26-12-14(11-23-26)16(27)9-7-13-8-10-17(19(20,21)22)25-18(13)24-15-5-3-2-4-6-15/h2-12H,1H3,(H,24,25). The summed E-state index contributed by atoms with van der Waals surface area (Å²) >= 11 is 0. The number of rotatable bonds is 5. The Kier molecular flexibility index (Phi) is 5.07. The van der Waals surface area contributed by atoms with E-state index in [4.69, 9.17) is 0 Å². The molecule has 3 rings (SSSR count). The average Bonchev–Trinajstić information content (AvgIpc) is 3.07. The van der Waals surface area contributed by atoms with Gasteiger partial charge in [0.1, 0.15) is 11.5 Å². The fraction of sp³-hybridized carbons (Fsp3) is 0.105. The van der Waals surface area contributed by atoms with Crippen LogP contribution in [-0.2, 0) is 13.2 Å². The van der Waals surface area contributed by atoms with Gasteiger partial charge in [-0.05, 0) is 36.4 Å². The van der Waals surface area contributed by atoms with Crippen LogP contribution < -0.4 is 5.32 Å². The third-order valence-corrected chi connectivity index (χ3v) is 3.66. The number of ketones is 1. The van der Waals surface area contributed by atoms with Crippen LogP contribution in [0.25, 0.3) is 6.08 Å². The largest absolute Gasteiger partial charge is 0.433 e. The number of hydrogen-bond donors (Lipinski definition) is 1. The number of aromatic nitrogens is 3. The number of carbonyl (C=O) groups excluding carboxylic acids is 1. The van der Waals surface area contributed by atoms with E-state index in [2.05, 4.69) is 15.4 Å². The third kappa shape index (κ3) is 4.60. The number of carbonyl (C=O) groups is 1. The van der Waals surface area contributed by atoms with Crippen molar-refractivity contribution in [3.63, 3.8) is 0 Å². The number of anilines is 2. The maximum atomic E-state index is 13.0. The molecule has 1 N–H and O–H groups in total. The highest BCUT2D eigenvalue weighted by atomic mass is 19.4. The van der Waals surface area contributed by atoms with Gasteiger partial charge in [-0.1, -0.05) is 18.2 Å². The van der Waals surface area contributed by atoms with Crippen molar-refractivity contribution in [1.82, 2.24) is 14.8 Å². The molecule has 27 heavy (non-hydrogen) atoms. The van der Waals surface area contributed by atoms with E-state index in [1.807, 2.05) is 0 Å². The minimum absolute atomic E-state index is 0.00580. The number of nitrogens with zero attached hydrogens (tertiary/aromatic N) is 3. The second kappa shape index (κ2) is 7.45. The summed E-state index contributed by atoms with van der Waals surface area (Å²) in [4.78, 5) is 15.8. The van der Waals surface area contributed by atoms with Crippen molar-refractivity contribution in [3.8, 4) is 0 Å². The van der Waals surface area contributed by atoms with Crippen molar-refractivity contribution >= 4 is 23.4 Å². The minimum Gasteiger partial charge on any atom is -0.340 e. The molecule has 138 valence electrons. The van der Waals surface area contributed by atoms with Crippen molar-refractivity contribution in [3.05, 3.63) is 77.8 Å². The molecule has 0 radical (unpaired) electrons. The molecule has 0 unspecified atom stereocenters. The quantitative estimate of drug-likeness (QED) is 0.530. The summed E-state index contributed by atoms with van der Waals surface area (Å²) in [7, 11) is 1.68. The van der Waals surface area contributed by atoms with Crippen LogP contribution in [0.2, 0.25) is 0 Å². The number of aryl methyl sites for hydroxylation is 1. The Morgan fingerprint density at radius 3 is 2.52 bits per heavy atom. The molecule has 0 fully saturated rings. The number of halogens is 3. The Labute approximate surface area is 153 Å². The number of benzene rings is 1. The van der Waals surface area contributed by atoms with Gasteiger partial charge in [0.2, 0.25) is 0 Å². The minimum atomic E-state index is -4.57. The summed E-state index contributed by atoms with van der Waals surface area (Å²) in [5.74, 6) is -0.306. The maximum Gasteiger partial charge on any atom is 0.433 e. The Morgan fingerprint density at radius 1 is 1.15 bits per heavy atom. The van der Waals surface area contributed by atoms with Crippen molar-refractivity contribution in [2.45, 2.75) is 6.18 Å². The Morgan fingerprint density at radius 2 is 1.89 bits per heavy atom. The molecule has 3 aromatic rings. The zero-order valence-corrected chi connectivity index (χ0v) is 14.2. The highest BCUT2D eigenvalue weighted by Gasteiger charge is 2.33. The number of hydrogen-bond acceptors (Lipinski definition) is 4. The van der Waals surface area contributed by atoms with E-state index < -0.39 is 11.9 Å². The van der Waals surface area contributed by atoms with Crippen LogP contribution in [0.3, 0.4) is 0 Å². The van der Waals surface area contributed by atoms with E-state index in [0.29, 0.717) is 16.8 Å². The summed E-state index contributed by atoms with van der Waals surface area (Å²) < 4.78 is 40.5. The van der Waals surface area contributed by atoms with Gasteiger partial charge in [0, 0.05) is 24.5 Å². The van der Waals surface area contributed by atoms with Crippen LogP contribution in [0.5, 0.6) is 0 Å². The predicted octanol–water partition coefficient (Wildman–Crippen LogP) is 4.47. The second-order valence-corrected chi connectivity index (χ2v) is 5.72. The molecule has 0 aliphatic rings. The van der Waals surface area contributed by atoms with Crippen LogP contribution in [0, 0.1) is 0 Å². The molecule has 2 aromatic heterocycles. The van der Waals surface area contributed by atoms with Crippen LogP contribution >= 0.6 is 0 Å². The van der Waals surface area contributed by atoms with Crippen molar-refractivity contribution < 1.29 is 18.0 Å². The lowest BCUT2D eigenvalue weighted by Gasteiger charge is -2.12. The van der Waals surface area contributed by atoms with Crippen molar-refractivity contribution in [2.75, 3.05) is 5.32 Å². The van der Waals surface area contributed by atoms with Gasteiger partial charge in [0.25, 0.3) is 0 Å². The maximum absolute atomic E-state index is 13.0. The topological polar surface area (TPSA) is 59.8 Å². The third-order valence-electron chi connectivity index (χ3n) is 3.66. The van der Waals surface area contributed by atoms with E-state index in [1.165, 1.54) is 29.1 Å². The fourth-order valence-corrected chi connectivity index (χ4v) is 2.33. The van der Waals surface area contributed by atoms with Gasteiger partial charge in [-0.3, -0.25) is 9.48 Å². The molecular formula is C19H15F3N4O. The molecule has 0 saturated carbocycles. The van der Waals surface area contributed by atoms with E-state index in [-0.39, 0.29) is 11.6 Å². The molecule has 0 aliphatic heterocycles. The highest BCUT2D eigenvalue weighted by molar-refractivity contribution is 6.06. The van der Waals surface area contributed by atoms with Crippen molar-refractivity contribution in [1.29, 1.82) is 0 Å². The van der Waals surface area contributed by atoms with Gasteiger partial charge in [0.15, 0.2) is 5.78 Å². The lowest BCUT2D eigenvalue weighted by Crippen LogP contribution is -2.10. The van der Waals surface area contributed by atoms with Crippen LogP contribution in [-0.4, -0.2) is 20.5 Å². The monoisotopic (exact) mass is 372 g/mol. The van der Waals surface area contributed by atoms with Gasteiger partial charge in [-0.25, -0.2) is 4.98 Å². The van der Waals surface area contributed by atoms with E-state index in [1.54, 1.807) is 43.6 Å². The molecule has 5 nitrogen and oxygen atoms in total. The first kappa shape index (κ1) is 18.4. The lowest BCUT2D eigenvalue weighted by atomic mass is 10.1. The summed E-state index contributed by atoms with van der Waals surface area (Å²) in [5, 5.41) is 6.78. The summed E-state index contributed by atoms with van der Waals surface area (Å²) in [5.41, 5.74) is 0.296. The number of alkyl halides is 3. The first-order chi connectivity index (χ1) is 12.8. The van der Waals surface area contributed by atoms with Gasteiger partial charge in [-0.2, -0.15) is 18.3 Å². The van der Waals surface area contributed by atoms with E-state index in [9.17, 15) is 18.0 Å². The summed E-state index contributed by atoms with van der Waals surface area (Å²) in [6, 6.07) is 10.8. The van der Waals surface area contributed by atoms with Crippen LogP contribution in [0.1, 0.15) is 21.6 Å². The molecular weight excluding hydrogens is 357 g/mol. The number of para-hydroxylation sites is 1. The predicted molar refractivity (Wildman–Crippen MR) is 95.5 cm³/mol. The molecule has 2 heterocycles. The Bertz CT molecular complexity index is 978. The zero-order valence-electron chi connectivity index (χ0n) is 14.2. The first-order valence-electron chi connectivity index (χ1n) is 7.94. The molecule has 0 atom stereocenters. The van der Waals surface area contributed by atoms with Gasteiger partial charge in [0.05, 0.1) is 11.8 Å². The van der Waals surface area contributed by atoms with Gasteiger partial charge >= 0.3 is 6.18 Å². The smallest absolute Gasteiger partial charge is 0.340 e. The Balaban J connectivity index is 1.93. The highest BCUT2D eigenvalue weighted by Crippen LogP contribution is 2.30. The summed E-state index contributed by atoms with van der Waals surface area (Å²) in [6.45, 7) is 0. The van der Waals surface area contributed by atoms with E-state index >= 15 is 0 Å². The fourth-order valence-electron chi connectivity index (χ4n) is 2.33. The van der Waals surface area contributed by atoms with Crippen LogP contribution in [0.15, 0.2) is 60.9 Å². The number of pyridine rings is 1. The number of nitrogens with one attached hydrogen (secondary N) is 1. The molecule has 0 saturated heterocycles. The summed E-state index contributed by atoms with van der Waals surface area (Å²) in [6.07, 6.45) is 1.10. The molecule has 8 heteroatoms. The van der Waals surface area contributed by atoms with E-state index in [0.717, 1.165) is 6.07 Å². The van der Waals surface area contributed by atoms with Gasteiger partial charge < -0.3 is 5.32 Å². The lowest BCUT2D eigenvalue weighted by molar-refractivity contribution is -0.141.